The molecular weight excluding hydrogens is 426 g/mol. The molecule has 4 fully saturated rings. The number of aliphatic hydroxyl groups excluding tert-OH is 1. The van der Waals surface area contributed by atoms with E-state index in [2.05, 4.69) is 23.2 Å². The molecule has 4 aliphatic rings. The van der Waals surface area contributed by atoms with Gasteiger partial charge in [-0.2, -0.15) is 0 Å². The van der Waals surface area contributed by atoms with Crippen molar-refractivity contribution < 1.29 is 24.5 Å². The minimum Gasteiger partial charge on any atom is -0.493 e. The number of thiazole rings is 1. The average Bonchev–Trinajstić information content (AvgIpc) is 3.71. The standard InChI is InChI=1S/C25H29NO5S/c27-21-10-23-17(7-8-22(31-23)24-26-20(12-32-24)25(28)29)19(21)11-30-15-5-6-16(13-1-2-13)18(9-15)14-3-4-14/h5-6,9,12-14,17,19,21-23,27H,1-4,7-8,10-11H2,(H,28,29)/t17-,19-,21+,22-,23+/m1/s1. The van der Waals surface area contributed by atoms with Gasteiger partial charge in [-0.05, 0) is 79.5 Å². The first-order valence-electron chi connectivity index (χ1n) is 11.9. The van der Waals surface area contributed by atoms with Crippen LogP contribution >= 0.6 is 11.3 Å². The third kappa shape index (κ3) is 3.95. The van der Waals surface area contributed by atoms with E-state index >= 15 is 0 Å². The van der Waals surface area contributed by atoms with Gasteiger partial charge in [0.25, 0.3) is 0 Å². The molecule has 7 heteroatoms. The molecule has 1 aromatic carbocycles. The quantitative estimate of drug-likeness (QED) is 0.618. The van der Waals surface area contributed by atoms with Crippen molar-refractivity contribution in [2.24, 2.45) is 11.8 Å². The molecule has 2 aromatic rings. The van der Waals surface area contributed by atoms with E-state index in [1.165, 1.54) is 48.1 Å². The highest BCUT2D eigenvalue weighted by Gasteiger charge is 2.47. The third-order valence-electron chi connectivity index (χ3n) is 7.65. The zero-order valence-electron chi connectivity index (χ0n) is 18.0. The Morgan fingerprint density at radius 2 is 1.91 bits per heavy atom. The van der Waals surface area contributed by atoms with Crippen molar-refractivity contribution in [3.05, 3.63) is 45.4 Å². The van der Waals surface area contributed by atoms with Crippen LogP contribution < -0.4 is 4.74 Å². The summed E-state index contributed by atoms with van der Waals surface area (Å²) in [5.41, 5.74) is 3.09. The molecule has 0 spiro atoms. The van der Waals surface area contributed by atoms with Crippen molar-refractivity contribution in [2.45, 2.75) is 75.1 Å². The Balaban J connectivity index is 1.10. The fraction of sp³-hybridized carbons (Fsp3) is 0.600. The van der Waals surface area contributed by atoms with Crippen LogP contribution in [-0.4, -0.2) is 40.0 Å². The van der Waals surface area contributed by atoms with Crippen LogP contribution in [0.5, 0.6) is 5.75 Å². The Labute approximate surface area is 191 Å². The smallest absolute Gasteiger partial charge is 0.355 e. The van der Waals surface area contributed by atoms with Crippen LogP contribution in [0.1, 0.15) is 89.5 Å². The molecule has 3 saturated carbocycles. The first-order valence-corrected chi connectivity index (χ1v) is 12.7. The highest BCUT2D eigenvalue weighted by Crippen LogP contribution is 2.50. The van der Waals surface area contributed by atoms with Gasteiger partial charge in [-0.1, -0.05) is 6.07 Å². The number of carboxylic acid groups (broad SMARTS) is 1. The summed E-state index contributed by atoms with van der Waals surface area (Å²) in [5, 5.41) is 22.2. The molecule has 3 aliphatic carbocycles. The van der Waals surface area contributed by atoms with Crippen LogP contribution in [0.2, 0.25) is 0 Å². The Morgan fingerprint density at radius 1 is 1.12 bits per heavy atom. The Bertz CT molecular complexity index is 1010. The van der Waals surface area contributed by atoms with Crippen molar-refractivity contribution >= 4 is 17.3 Å². The van der Waals surface area contributed by atoms with Gasteiger partial charge < -0.3 is 19.7 Å². The molecule has 170 valence electrons. The van der Waals surface area contributed by atoms with E-state index in [1.807, 2.05) is 0 Å². The second-order valence-corrected chi connectivity index (χ2v) is 10.8. The Kier molecular flexibility index (Phi) is 5.23. The number of hydrogen-bond donors (Lipinski definition) is 2. The summed E-state index contributed by atoms with van der Waals surface area (Å²) < 4.78 is 12.5. The van der Waals surface area contributed by atoms with Crippen LogP contribution in [0.15, 0.2) is 23.6 Å². The van der Waals surface area contributed by atoms with Gasteiger partial charge in [-0.25, -0.2) is 9.78 Å². The van der Waals surface area contributed by atoms with E-state index < -0.39 is 12.1 Å². The molecule has 0 amide bonds. The maximum atomic E-state index is 11.1. The van der Waals surface area contributed by atoms with Gasteiger partial charge in [0.1, 0.15) is 16.9 Å². The van der Waals surface area contributed by atoms with E-state index in [0.717, 1.165) is 29.5 Å². The SMILES string of the molecule is O=C(O)c1csc([C@H]2CC[C@@H]3[C@@H](COc4ccc(C5CC5)c(C5CC5)c4)[C@@H](O)C[C@@H]3O2)n1. The summed E-state index contributed by atoms with van der Waals surface area (Å²) in [6, 6.07) is 6.62. The van der Waals surface area contributed by atoms with E-state index in [4.69, 9.17) is 14.6 Å². The number of carbonyl (C=O) groups is 1. The normalized spacial score (nSPS) is 32.0. The van der Waals surface area contributed by atoms with Crippen LogP contribution in [-0.2, 0) is 4.74 Å². The van der Waals surface area contributed by atoms with Gasteiger partial charge in [-0.3, -0.25) is 0 Å². The predicted molar refractivity (Wildman–Crippen MR) is 119 cm³/mol. The van der Waals surface area contributed by atoms with Crippen LogP contribution in [0.3, 0.4) is 0 Å². The zero-order chi connectivity index (χ0) is 21.8. The van der Waals surface area contributed by atoms with E-state index in [0.29, 0.717) is 18.9 Å². The maximum Gasteiger partial charge on any atom is 0.355 e. The summed E-state index contributed by atoms with van der Waals surface area (Å²) >= 11 is 1.34. The first-order chi connectivity index (χ1) is 15.6. The number of ether oxygens (including phenoxy) is 2. The number of fused-ring (bicyclic) bond motifs is 1. The molecule has 32 heavy (non-hydrogen) atoms. The van der Waals surface area contributed by atoms with Gasteiger partial charge in [0, 0.05) is 17.7 Å². The number of carboxylic acids is 1. The number of nitrogens with zero attached hydrogens (tertiary/aromatic N) is 1. The summed E-state index contributed by atoms with van der Waals surface area (Å²) in [7, 11) is 0. The van der Waals surface area contributed by atoms with Gasteiger partial charge in [0.15, 0.2) is 5.69 Å². The van der Waals surface area contributed by atoms with E-state index in [-0.39, 0.29) is 29.7 Å². The number of aromatic nitrogens is 1. The molecule has 2 N–H and O–H groups in total. The highest BCUT2D eigenvalue weighted by atomic mass is 32.1. The third-order valence-corrected chi connectivity index (χ3v) is 8.59. The fourth-order valence-electron chi connectivity index (χ4n) is 5.63. The predicted octanol–water partition coefficient (Wildman–Crippen LogP) is 4.89. The van der Waals surface area contributed by atoms with E-state index in [9.17, 15) is 9.90 Å². The molecular formula is C25H29NO5S. The lowest BCUT2D eigenvalue weighted by Crippen LogP contribution is -2.33. The van der Waals surface area contributed by atoms with E-state index in [1.54, 1.807) is 5.38 Å². The summed E-state index contributed by atoms with van der Waals surface area (Å²) in [5.74, 6) is 1.70. The fourth-order valence-corrected chi connectivity index (χ4v) is 6.49. The van der Waals surface area contributed by atoms with Crippen molar-refractivity contribution in [3.63, 3.8) is 0 Å². The maximum absolute atomic E-state index is 11.1. The lowest BCUT2D eigenvalue weighted by atomic mass is 9.87. The van der Waals surface area contributed by atoms with Crippen molar-refractivity contribution in [2.75, 3.05) is 6.61 Å². The summed E-state index contributed by atoms with van der Waals surface area (Å²) in [6.07, 6.45) is 6.87. The first kappa shape index (κ1) is 20.6. The van der Waals surface area contributed by atoms with Gasteiger partial charge in [-0.15, -0.1) is 11.3 Å². The van der Waals surface area contributed by atoms with Crippen LogP contribution in [0.25, 0.3) is 0 Å². The van der Waals surface area contributed by atoms with Crippen molar-refractivity contribution in [1.82, 2.24) is 4.98 Å². The lowest BCUT2D eigenvalue weighted by molar-refractivity contribution is -0.0811. The molecule has 5 atom stereocenters. The molecule has 1 aliphatic heterocycles. The topological polar surface area (TPSA) is 88.9 Å². The largest absolute Gasteiger partial charge is 0.493 e. The second-order valence-electron chi connectivity index (χ2n) is 9.90. The summed E-state index contributed by atoms with van der Waals surface area (Å²) in [6.45, 7) is 0.504. The molecule has 1 saturated heterocycles. The molecule has 0 bridgehead atoms. The van der Waals surface area contributed by atoms with Gasteiger partial charge >= 0.3 is 5.97 Å². The van der Waals surface area contributed by atoms with Gasteiger partial charge in [0.05, 0.1) is 18.8 Å². The van der Waals surface area contributed by atoms with Crippen LogP contribution in [0, 0.1) is 11.8 Å². The second kappa shape index (κ2) is 8.12. The number of aliphatic hydroxyl groups is 1. The summed E-state index contributed by atoms with van der Waals surface area (Å²) in [4.78, 5) is 15.3. The monoisotopic (exact) mass is 455 g/mol. The highest BCUT2D eigenvalue weighted by molar-refractivity contribution is 7.09. The number of hydrogen-bond acceptors (Lipinski definition) is 6. The number of rotatable bonds is 7. The Morgan fingerprint density at radius 3 is 2.62 bits per heavy atom. The minimum absolute atomic E-state index is 0.0335. The van der Waals surface area contributed by atoms with Crippen molar-refractivity contribution in [1.29, 1.82) is 0 Å². The number of aromatic carboxylic acids is 1. The number of benzene rings is 1. The molecule has 1 aromatic heterocycles. The lowest BCUT2D eigenvalue weighted by Gasteiger charge is -2.33. The molecule has 2 heterocycles. The zero-order valence-corrected chi connectivity index (χ0v) is 18.8. The molecule has 0 radical (unpaired) electrons. The van der Waals surface area contributed by atoms with Gasteiger partial charge in [0.2, 0.25) is 0 Å². The molecule has 6 nitrogen and oxygen atoms in total. The van der Waals surface area contributed by atoms with Crippen molar-refractivity contribution in [3.8, 4) is 5.75 Å². The Hall–Kier alpha value is -1.96. The van der Waals surface area contributed by atoms with Crippen LogP contribution in [0.4, 0.5) is 0 Å². The minimum atomic E-state index is -1.01. The average molecular weight is 456 g/mol. The molecule has 0 unspecified atom stereocenters. The molecule has 6 rings (SSSR count).